The second kappa shape index (κ2) is 10.2. The van der Waals surface area contributed by atoms with Crippen LogP contribution in [0.2, 0.25) is 0 Å². The van der Waals surface area contributed by atoms with Gasteiger partial charge in [-0.05, 0) is 24.1 Å². The van der Waals surface area contributed by atoms with Crippen LogP contribution in [0.4, 0.5) is 4.39 Å². The van der Waals surface area contributed by atoms with Gasteiger partial charge in [0, 0.05) is 32.1 Å². The van der Waals surface area contributed by atoms with Crippen molar-refractivity contribution < 1.29 is 14.0 Å². The Balaban J connectivity index is 0.00000312. The summed E-state index contributed by atoms with van der Waals surface area (Å²) in [6.45, 7) is 5.00. The van der Waals surface area contributed by atoms with Gasteiger partial charge in [0.05, 0.1) is 5.69 Å². The summed E-state index contributed by atoms with van der Waals surface area (Å²) < 4.78 is 18.7. The Morgan fingerprint density at radius 2 is 1.96 bits per heavy atom. The fraction of sp³-hybridized carbons (Fsp3) is 0.412. The predicted octanol–water partition coefficient (Wildman–Crippen LogP) is 3.13. The van der Waals surface area contributed by atoms with Crippen LogP contribution in [0.5, 0.6) is 5.75 Å². The van der Waals surface area contributed by atoms with Crippen molar-refractivity contribution in [1.82, 2.24) is 15.8 Å². The van der Waals surface area contributed by atoms with E-state index in [-0.39, 0.29) is 29.7 Å². The van der Waals surface area contributed by atoms with Crippen molar-refractivity contribution >= 4 is 29.9 Å². The van der Waals surface area contributed by atoms with Crippen LogP contribution in [0, 0.1) is 5.82 Å². The molecule has 0 bridgehead atoms. The predicted molar refractivity (Wildman–Crippen MR) is 106 cm³/mol. The van der Waals surface area contributed by atoms with Gasteiger partial charge in [-0.3, -0.25) is 4.99 Å². The lowest BCUT2D eigenvalue weighted by Gasteiger charge is -2.12. The Bertz CT molecular complexity index is 697. The molecule has 2 rings (SSSR count). The molecular formula is C17H24FIN4O2. The summed E-state index contributed by atoms with van der Waals surface area (Å²) in [4.78, 5) is 4.15. The molecule has 0 saturated heterocycles. The second-order valence-corrected chi connectivity index (χ2v) is 5.30. The van der Waals surface area contributed by atoms with Crippen molar-refractivity contribution in [2.24, 2.45) is 4.99 Å². The van der Waals surface area contributed by atoms with Gasteiger partial charge in [0.25, 0.3) is 0 Å². The maximum absolute atomic E-state index is 13.3. The van der Waals surface area contributed by atoms with Gasteiger partial charge in [-0.25, -0.2) is 4.39 Å². The SMILES string of the molecule is CCc1noc(CC)c1CNC(=NC)NCc1ccc(O)c(F)c1.I. The number of nitrogens with zero attached hydrogens (tertiary/aromatic N) is 2. The molecule has 2 aromatic rings. The van der Waals surface area contributed by atoms with E-state index in [9.17, 15) is 9.50 Å². The number of phenols is 1. The molecule has 0 radical (unpaired) electrons. The molecule has 0 unspecified atom stereocenters. The largest absolute Gasteiger partial charge is 0.505 e. The summed E-state index contributed by atoms with van der Waals surface area (Å²) in [6.07, 6.45) is 1.59. The Kier molecular flexibility index (Phi) is 8.67. The van der Waals surface area contributed by atoms with Gasteiger partial charge in [0.2, 0.25) is 0 Å². The summed E-state index contributed by atoms with van der Waals surface area (Å²) >= 11 is 0. The fourth-order valence-corrected chi connectivity index (χ4v) is 2.38. The van der Waals surface area contributed by atoms with E-state index >= 15 is 0 Å². The molecule has 0 aliphatic heterocycles. The average molecular weight is 462 g/mol. The minimum absolute atomic E-state index is 0. The van der Waals surface area contributed by atoms with Crippen LogP contribution >= 0.6 is 24.0 Å². The van der Waals surface area contributed by atoms with Crippen LogP contribution in [-0.4, -0.2) is 23.3 Å². The van der Waals surface area contributed by atoms with E-state index in [1.54, 1.807) is 13.1 Å². The standard InChI is InChI=1S/C17H23FN4O2.HI/c1-4-14-12(16(5-2)24-22-14)10-21-17(19-3)20-9-11-6-7-15(23)13(18)8-11;/h6-8,23H,4-5,9-10H2,1-3H3,(H2,19,20,21);1H. The number of aryl methyl sites for hydroxylation is 2. The lowest BCUT2D eigenvalue weighted by Crippen LogP contribution is -2.36. The zero-order valence-electron chi connectivity index (χ0n) is 14.6. The third-order valence-electron chi connectivity index (χ3n) is 3.74. The van der Waals surface area contributed by atoms with E-state index in [0.717, 1.165) is 29.9 Å². The minimum Gasteiger partial charge on any atom is -0.505 e. The molecule has 0 amide bonds. The van der Waals surface area contributed by atoms with Crippen molar-refractivity contribution in [3.8, 4) is 5.75 Å². The number of hydrogen-bond donors (Lipinski definition) is 3. The van der Waals surface area contributed by atoms with Gasteiger partial charge in [0.1, 0.15) is 5.76 Å². The highest BCUT2D eigenvalue weighted by atomic mass is 127. The Hall–Kier alpha value is -1.84. The molecular weight excluding hydrogens is 438 g/mol. The Morgan fingerprint density at radius 1 is 1.24 bits per heavy atom. The van der Waals surface area contributed by atoms with Gasteiger partial charge >= 0.3 is 0 Å². The molecule has 3 N–H and O–H groups in total. The first-order valence-corrected chi connectivity index (χ1v) is 7.97. The number of aromatic hydroxyl groups is 1. The van der Waals surface area contributed by atoms with Crippen LogP contribution in [0.3, 0.4) is 0 Å². The number of benzene rings is 1. The van der Waals surface area contributed by atoms with Gasteiger partial charge in [-0.1, -0.05) is 25.1 Å². The van der Waals surface area contributed by atoms with Gasteiger partial charge in [-0.2, -0.15) is 0 Å². The smallest absolute Gasteiger partial charge is 0.191 e. The molecule has 6 nitrogen and oxygen atoms in total. The van der Waals surface area contributed by atoms with Crippen molar-refractivity contribution in [2.45, 2.75) is 39.8 Å². The molecule has 25 heavy (non-hydrogen) atoms. The van der Waals surface area contributed by atoms with Gasteiger partial charge in [-0.15, -0.1) is 24.0 Å². The maximum atomic E-state index is 13.3. The molecule has 1 heterocycles. The second-order valence-electron chi connectivity index (χ2n) is 5.30. The fourth-order valence-electron chi connectivity index (χ4n) is 2.38. The minimum atomic E-state index is -0.637. The van der Waals surface area contributed by atoms with Crippen molar-refractivity contribution in [3.63, 3.8) is 0 Å². The Labute approximate surface area is 163 Å². The van der Waals surface area contributed by atoms with Crippen LogP contribution in [0.15, 0.2) is 27.7 Å². The summed E-state index contributed by atoms with van der Waals surface area (Å²) in [5, 5.41) is 19.6. The van der Waals surface area contributed by atoms with Crippen LogP contribution < -0.4 is 10.6 Å². The van der Waals surface area contributed by atoms with Crippen LogP contribution in [0.25, 0.3) is 0 Å². The zero-order valence-corrected chi connectivity index (χ0v) is 16.9. The van der Waals surface area contributed by atoms with E-state index in [1.165, 1.54) is 12.1 Å². The van der Waals surface area contributed by atoms with Crippen molar-refractivity contribution in [1.29, 1.82) is 0 Å². The van der Waals surface area contributed by atoms with Gasteiger partial charge < -0.3 is 20.3 Å². The Morgan fingerprint density at radius 3 is 2.56 bits per heavy atom. The highest BCUT2D eigenvalue weighted by Crippen LogP contribution is 2.16. The number of halogens is 2. The first kappa shape index (κ1) is 21.2. The first-order chi connectivity index (χ1) is 11.6. The molecule has 0 aliphatic carbocycles. The highest BCUT2D eigenvalue weighted by Gasteiger charge is 2.13. The zero-order chi connectivity index (χ0) is 17.5. The topological polar surface area (TPSA) is 82.7 Å². The van der Waals surface area contributed by atoms with Crippen LogP contribution in [0.1, 0.15) is 36.4 Å². The molecule has 0 spiro atoms. The molecule has 1 aromatic carbocycles. The molecule has 0 aliphatic rings. The summed E-state index contributed by atoms with van der Waals surface area (Å²) in [6, 6.07) is 4.28. The number of phenolic OH excluding ortho intramolecular Hbond substituents is 1. The highest BCUT2D eigenvalue weighted by molar-refractivity contribution is 14.0. The molecule has 0 fully saturated rings. The first-order valence-electron chi connectivity index (χ1n) is 7.97. The van der Waals surface area contributed by atoms with Gasteiger partial charge in [0.15, 0.2) is 17.5 Å². The molecule has 8 heteroatoms. The maximum Gasteiger partial charge on any atom is 0.191 e. The normalized spacial score (nSPS) is 11.1. The number of guanidine groups is 1. The average Bonchev–Trinajstić information content (AvgIpc) is 3.00. The summed E-state index contributed by atoms with van der Waals surface area (Å²) in [5.41, 5.74) is 2.70. The lowest BCUT2D eigenvalue weighted by atomic mass is 10.1. The molecule has 138 valence electrons. The van der Waals surface area contributed by atoms with E-state index in [1.807, 2.05) is 13.8 Å². The molecule has 0 atom stereocenters. The molecule has 1 aromatic heterocycles. The monoisotopic (exact) mass is 462 g/mol. The van der Waals surface area contributed by atoms with E-state index in [4.69, 9.17) is 4.52 Å². The number of hydrogen-bond acceptors (Lipinski definition) is 4. The number of aromatic nitrogens is 1. The lowest BCUT2D eigenvalue weighted by molar-refractivity contribution is 0.380. The number of nitrogens with one attached hydrogen (secondary N) is 2. The third-order valence-corrected chi connectivity index (χ3v) is 3.74. The summed E-state index contributed by atoms with van der Waals surface area (Å²) in [7, 11) is 1.67. The van der Waals surface area contributed by atoms with Crippen LogP contribution in [-0.2, 0) is 25.9 Å². The molecule has 0 saturated carbocycles. The van der Waals surface area contributed by atoms with E-state index in [2.05, 4.69) is 20.8 Å². The number of rotatable bonds is 6. The third kappa shape index (κ3) is 5.58. The summed E-state index contributed by atoms with van der Waals surface area (Å²) in [5.74, 6) is 0.471. The quantitative estimate of drug-likeness (QED) is 0.349. The van der Waals surface area contributed by atoms with E-state index < -0.39 is 5.82 Å². The van der Waals surface area contributed by atoms with Crippen molar-refractivity contribution in [3.05, 3.63) is 46.6 Å². The van der Waals surface area contributed by atoms with E-state index in [0.29, 0.717) is 24.6 Å². The number of aliphatic imine (C=N–C) groups is 1. The van der Waals surface area contributed by atoms with Crippen molar-refractivity contribution in [2.75, 3.05) is 7.05 Å².